The van der Waals surface area contributed by atoms with Gasteiger partial charge in [-0.05, 0) is 31.6 Å². The van der Waals surface area contributed by atoms with Crippen molar-refractivity contribution in [3.8, 4) is 0 Å². The van der Waals surface area contributed by atoms with Crippen molar-refractivity contribution in [2.75, 3.05) is 0 Å². The van der Waals surface area contributed by atoms with Gasteiger partial charge in [-0.3, -0.25) is 9.59 Å². The highest BCUT2D eigenvalue weighted by Gasteiger charge is 2.43. The zero-order chi connectivity index (χ0) is 25.9. The van der Waals surface area contributed by atoms with E-state index in [1.165, 1.54) is 57.8 Å². The Kier molecular flexibility index (Phi) is 17.6. The number of hydrogen-bond acceptors (Lipinski definition) is 5. The molecule has 0 aromatic heterocycles. The molecule has 4 atom stereocenters. The average molecular weight is 496 g/mol. The molecule has 0 aromatic rings. The number of hydrogen-bond donors (Lipinski definition) is 1. The third-order valence-corrected chi connectivity index (χ3v) is 7.06. The second-order valence-corrected chi connectivity index (χ2v) is 10.8. The SMILES string of the molecule is CCCCCCCCCCC[C@H](C[C@H]1OC(=O)[C@H]1CCCCCC)OC(=O)[C@H](CC(C)C)NC=O. The van der Waals surface area contributed by atoms with Crippen LogP contribution >= 0.6 is 0 Å². The summed E-state index contributed by atoms with van der Waals surface area (Å²) in [6.07, 6.45) is 18.5. The molecule has 1 amide bonds. The van der Waals surface area contributed by atoms with Crippen LogP contribution in [0.4, 0.5) is 0 Å². The molecule has 35 heavy (non-hydrogen) atoms. The zero-order valence-electron chi connectivity index (χ0n) is 23.0. The van der Waals surface area contributed by atoms with Gasteiger partial charge in [0.25, 0.3) is 0 Å². The standard InChI is InChI=1S/C29H53NO5/c1-5-7-9-11-12-13-14-15-16-18-24(34-29(33)26(30-22-31)20-23(3)4)21-27-25(28(32)35-27)19-17-10-8-6-2/h22-27H,5-21H2,1-4H3,(H,30,31)/t24-,25+,26+,27-/m1/s1. The van der Waals surface area contributed by atoms with Crippen LogP contribution in [0.5, 0.6) is 0 Å². The number of unbranched alkanes of at least 4 members (excludes halogenated alkanes) is 11. The number of cyclic esters (lactones) is 1. The second-order valence-electron chi connectivity index (χ2n) is 10.8. The van der Waals surface area contributed by atoms with Gasteiger partial charge in [-0.1, -0.05) is 105 Å². The molecule has 0 spiro atoms. The summed E-state index contributed by atoms with van der Waals surface area (Å²) < 4.78 is 11.4. The van der Waals surface area contributed by atoms with Gasteiger partial charge >= 0.3 is 11.9 Å². The molecule has 1 saturated heterocycles. The molecule has 1 heterocycles. The minimum atomic E-state index is -0.632. The van der Waals surface area contributed by atoms with Crippen LogP contribution in [-0.2, 0) is 23.9 Å². The van der Waals surface area contributed by atoms with Gasteiger partial charge in [0, 0.05) is 6.42 Å². The van der Waals surface area contributed by atoms with Crippen molar-refractivity contribution in [3.05, 3.63) is 0 Å². The van der Waals surface area contributed by atoms with Crippen molar-refractivity contribution >= 4 is 18.3 Å². The molecular formula is C29H53NO5. The summed E-state index contributed by atoms with van der Waals surface area (Å²) in [5.74, 6) is -0.302. The molecule has 0 saturated carbocycles. The fraction of sp³-hybridized carbons (Fsp3) is 0.897. The lowest BCUT2D eigenvalue weighted by atomic mass is 9.86. The molecule has 6 heteroatoms. The number of amides is 1. The second kappa shape index (κ2) is 19.6. The first-order chi connectivity index (χ1) is 16.9. The summed E-state index contributed by atoms with van der Waals surface area (Å²) in [6.45, 7) is 8.45. The fourth-order valence-corrected chi connectivity index (χ4v) is 4.90. The van der Waals surface area contributed by atoms with Crippen LogP contribution in [0.3, 0.4) is 0 Å². The van der Waals surface area contributed by atoms with E-state index in [1.54, 1.807) is 0 Å². The number of carbonyl (C=O) groups is 3. The highest BCUT2D eigenvalue weighted by molar-refractivity contribution is 5.79. The smallest absolute Gasteiger partial charge is 0.328 e. The van der Waals surface area contributed by atoms with Crippen molar-refractivity contribution in [2.45, 2.75) is 155 Å². The molecule has 1 aliphatic heterocycles. The summed E-state index contributed by atoms with van der Waals surface area (Å²) >= 11 is 0. The molecule has 1 aliphatic rings. The lowest BCUT2D eigenvalue weighted by Crippen LogP contribution is -2.48. The minimum absolute atomic E-state index is 0.0734. The first kappa shape index (κ1) is 31.4. The van der Waals surface area contributed by atoms with Crippen LogP contribution < -0.4 is 5.32 Å². The quantitative estimate of drug-likeness (QED) is 0.0949. The van der Waals surface area contributed by atoms with Gasteiger partial charge in [-0.15, -0.1) is 0 Å². The molecule has 0 aliphatic carbocycles. The van der Waals surface area contributed by atoms with Crippen molar-refractivity contribution in [2.24, 2.45) is 11.8 Å². The topological polar surface area (TPSA) is 81.7 Å². The largest absolute Gasteiger partial charge is 0.461 e. The fourth-order valence-electron chi connectivity index (χ4n) is 4.90. The molecule has 0 bridgehead atoms. The Morgan fingerprint density at radius 3 is 2.06 bits per heavy atom. The number of esters is 2. The Hall–Kier alpha value is -1.59. The van der Waals surface area contributed by atoms with Crippen LogP contribution in [-0.4, -0.2) is 36.6 Å². The molecule has 0 radical (unpaired) electrons. The van der Waals surface area contributed by atoms with Gasteiger partial charge in [0.1, 0.15) is 18.2 Å². The van der Waals surface area contributed by atoms with E-state index in [0.29, 0.717) is 19.3 Å². The van der Waals surface area contributed by atoms with Gasteiger partial charge in [-0.25, -0.2) is 4.79 Å². The summed E-state index contributed by atoms with van der Waals surface area (Å²) in [7, 11) is 0. The average Bonchev–Trinajstić information content (AvgIpc) is 2.81. The number of nitrogens with one attached hydrogen (secondary N) is 1. The van der Waals surface area contributed by atoms with E-state index >= 15 is 0 Å². The van der Waals surface area contributed by atoms with E-state index in [1.807, 2.05) is 13.8 Å². The van der Waals surface area contributed by atoms with Crippen LogP contribution in [0.1, 0.15) is 137 Å². The summed E-state index contributed by atoms with van der Waals surface area (Å²) in [4.78, 5) is 36.0. The molecular weight excluding hydrogens is 442 g/mol. The highest BCUT2D eigenvalue weighted by Crippen LogP contribution is 2.32. The maximum Gasteiger partial charge on any atom is 0.328 e. The van der Waals surface area contributed by atoms with Gasteiger partial charge in [0.15, 0.2) is 0 Å². The van der Waals surface area contributed by atoms with E-state index in [0.717, 1.165) is 38.5 Å². The Morgan fingerprint density at radius 1 is 0.943 bits per heavy atom. The lowest BCUT2D eigenvalue weighted by Gasteiger charge is -2.37. The van der Waals surface area contributed by atoms with Crippen LogP contribution in [0, 0.1) is 11.8 Å². The Bertz CT molecular complexity index is 579. The van der Waals surface area contributed by atoms with Gasteiger partial charge < -0.3 is 14.8 Å². The predicted molar refractivity (Wildman–Crippen MR) is 141 cm³/mol. The first-order valence-electron chi connectivity index (χ1n) is 14.5. The summed E-state index contributed by atoms with van der Waals surface area (Å²) in [5.41, 5.74) is 0. The number of ether oxygens (including phenoxy) is 2. The molecule has 1 rings (SSSR count). The normalized spacial score (nSPS) is 19.1. The molecule has 204 valence electrons. The van der Waals surface area contributed by atoms with Gasteiger partial charge in [-0.2, -0.15) is 0 Å². The molecule has 1 fully saturated rings. The molecule has 6 nitrogen and oxygen atoms in total. The lowest BCUT2D eigenvalue weighted by molar-refractivity contribution is -0.190. The van der Waals surface area contributed by atoms with Crippen LogP contribution in [0.15, 0.2) is 0 Å². The van der Waals surface area contributed by atoms with Gasteiger partial charge in [0.2, 0.25) is 6.41 Å². The van der Waals surface area contributed by atoms with E-state index in [2.05, 4.69) is 19.2 Å². The maximum atomic E-state index is 12.9. The van der Waals surface area contributed by atoms with Gasteiger partial charge in [0.05, 0.1) is 5.92 Å². The highest BCUT2D eigenvalue weighted by atomic mass is 16.6. The van der Waals surface area contributed by atoms with Crippen LogP contribution in [0.25, 0.3) is 0 Å². The predicted octanol–water partition coefficient (Wildman–Crippen LogP) is 6.88. The molecule has 0 unspecified atom stereocenters. The number of rotatable bonds is 23. The first-order valence-corrected chi connectivity index (χ1v) is 14.5. The van der Waals surface area contributed by atoms with E-state index in [9.17, 15) is 14.4 Å². The third-order valence-electron chi connectivity index (χ3n) is 7.06. The van der Waals surface area contributed by atoms with E-state index < -0.39 is 6.04 Å². The molecule has 1 N–H and O–H groups in total. The summed E-state index contributed by atoms with van der Waals surface area (Å²) in [5, 5.41) is 2.62. The Labute approximate surface area is 214 Å². The Balaban J connectivity index is 2.58. The van der Waals surface area contributed by atoms with Crippen LogP contribution in [0.2, 0.25) is 0 Å². The minimum Gasteiger partial charge on any atom is -0.461 e. The number of carbonyl (C=O) groups excluding carboxylic acids is 3. The summed E-state index contributed by atoms with van der Waals surface area (Å²) in [6, 6.07) is -0.632. The van der Waals surface area contributed by atoms with Crippen molar-refractivity contribution < 1.29 is 23.9 Å². The zero-order valence-corrected chi connectivity index (χ0v) is 23.0. The van der Waals surface area contributed by atoms with E-state index in [-0.39, 0.29) is 36.0 Å². The molecule has 0 aromatic carbocycles. The van der Waals surface area contributed by atoms with Crippen molar-refractivity contribution in [1.82, 2.24) is 5.32 Å². The third kappa shape index (κ3) is 13.9. The monoisotopic (exact) mass is 495 g/mol. The van der Waals surface area contributed by atoms with Crippen molar-refractivity contribution in [3.63, 3.8) is 0 Å². The van der Waals surface area contributed by atoms with E-state index in [4.69, 9.17) is 9.47 Å². The Morgan fingerprint density at radius 2 is 1.51 bits per heavy atom. The maximum absolute atomic E-state index is 12.9. The van der Waals surface area contributed by atoms with Crippen molar-refractivity contribution in [1.29, 1.82) is 0 Å².